The molecule has 4 aromatic rings. The summed E-state index contributed by atoms with van der Waals surface area (Å²) < 4.78 is 27.4. The Hall–Kier alpha value is -3.44. The minimum Gasteiger partial charge on any atom is -0.200 e. The first-order valence-corrected chi connectivity index (χ1v) is 11.8. The van der Waals surface area contributed by atoms with Crippen LogP contribution in [0.2, 0.25) is 0 Å². The minimum atomic E-state index is -3.66. The van der Waals surface area contributed by atoms with E-state index in [0.717, 1.165) is 35.2 Å². The number of nitrogens with zero attached hydrogens (tertiary/aromatic N) is 2. The largest absolute Gasteiger partial charge is 0.279 e. The summed E-state index contributed by atoms with van der Waals surface area (Å²) in [6, 6.07) is 31.3. The first kappa shape index (κ1) is 19.5. The molecule has 0 fully saturated rings. The standard InChI is InChI=1S/C26H22N2O2S/c29-31(30,23-11-2-1-3-12-23)28-18-8-15-26(27-28)25-14-7-6-13-24(25)22-17-16-20-9-4-5-10-21(20)19-22/h1-7,9-14,16-17,19H,8,15,18H2. The topological polar surface area (TPSA) is 49.7 Å². The van der Waals surface area contributed by atoms with E-state index in [-0.39, 0.29) is 4.90 Å². The van der Waals surface area contributed by atoms with E-state index >= 15 is 0 Å². The molecule has 5 heteroatoms. The zero-order valence-corrected chi connectivity index (χ0v) is 17.8. The highest BCUT2D eigenvalue weighted by Crippen LogP contribution is 2.30. The predicted molar refractivity (Wildman–Crippen MR) is 125 cm³/mol. The molecule has 0 N–H and O–H groups in total. The van der Waals surface area contributed by atoms with E-state index in [4.69, 9.17) is 0 Å². The first-order chi connectivity index (χ1) is 15.1. The van der Waals surface area contributed by atoms with E-state index in [0.29, 0.717) is 6.54 Å². The van der Waals surface area contributed by atoms with Crippen LogP contribution in [0.25, 0.3) is 21.9 Å². The molecule has 5 rings (SSSR count). The van der Waals surface area contributed by atoms with Gasteiger partial charge in [-0.25, -0.2) is 0 Å². The average molecular weight is 427 g/mol. The van der Waals surface area contributed by atoms with E-state index in [2.05, 4.69) is 41.5 Å². The number of hydrogen-bond donors (Lipinski definition) is 0. The Morgan fingerprint density at radius 2 is 1.39 bits per heavy atom. The van der Waals surface area contributed by atoms with Gasteiger partial charge in [-0.1, -0.05) is 78.9 Å². The van der Waals surface area contributed by atoms with Crippen LogP contribution in [0, 0.1) is 0 Å². The first-order valence-electron chi connectivity index (χ1n) is 10.4. The van der Waals surface area contributed by atoms with Gasteiger partial charge in [0, 0.05) is 5.56 Å². The summed E-state index contributed by atoms with van der Waals surface area (Å²) in [7, 11) is -3.66. The molecule has 1 heterocycles. The Morgan fingerprint density at radius 1 is 0.710 bits per heavy atom. The third-order valence-corrected chi connectivity index (χ3v) is 7.30. The third-order valence-electron chi connectivity index (χ3n) is 5.61. The van der Waals surface area contributed by atoms with Crippen molar-refractivity contribution in [2.24, 2.45) is 5.10 Å². The maximum Gasteiger partial charge on any atom is 0.279 e. The Morgan fingerprint density at radius 3 is 2.19 bits per heavy atom. The molecule has 0 amide bonds. The zero-order chi connectivity index (χ0) is 21.3. The van der Waals surface area contributed by atoms with E-state index in [9.17, 15) is 8.42 Å². The lowest BCUT2D eigenvalue weighted by atomic mass is 9.93. The molecule has 0 unspecified atom stereocenters. The lowest BCUT2D eigenvalue weighted by Gasteiger charge is -2.25. The summed E-state index contributed by atoms with van der Waals surface area (Å²) in [6.07, 6.45) is 1.47. The molecule has 0 atom stereocenters. The van der Waals surface area contributed by atoms with Crippen molar-refractivity contribution in [1.82, 2.24) is 4.41 Å². The molecule has 0 spiro atoms. The molecule has 0 saturated heterocycles. The van der Waals surface area contributed by atoms with Gasteiger partial charge < -0.3 is 0 Å². The second kappa shape index (κ2) is 8.00. The second-order valence-corrected chi connectivity index (χ2v) is 9.46. The Kier molecular flexibility index (Phi) is 5.04. The van der Waals surface area contributed by atoms with Crippen LogP contribution in [0.1, 0.15) is 18.4 Å². The van der Waals surface area contributed by atoms with Gasteiger partial charge >= 0.3 is 0 Å². The fourth-order valence-electron chi connectivity index (χ4n) is 4.04. The van der Waals surface area contributed by atoms with Gasteiger partial charge in [-0.2, -0.15) is 17.9 Å². The Balaban J connectivity index is 1.57. The van der Waals surface area contributed by atoms with Crippen molar-refractivity contribution in [3.8, 4) is 11.1 Å². The predicted octanol–water partition coefficient (Wildman–Crippen LogP) is 5.70. The molecular weight excluding hydrogens is 404 g/mol. The van der Waals surface area contributed by atoms with E-state index in [1.807, 2.05) is 36.4 Å². The highest BCUT2D eigenvalue weighted by molar-refractivity contribution is 7.89. The molecule has 1 aliphatic heterocycles. The fourth-order valence-corrected chi connectivity index (χ4v) is 5.36. The van der Waals surface area contributed by atoms with Gasteiger partial charge in [-0.05, 0) is 52.9 Å². The van der Waals surface area contributed by atoms with Crippen molar-refractivity contribution in [2.75, 3.05) is 6.54 Å². The lowest BCUT2D eigenvalue weighted by Crippen LogP contribution is -2.32. The molecule has 0 saturated carbocycles. The van der Waals surface area contributed by atoms with Crippen molar-refractivity contribution in [2.45, 2.75) is 17.7 Å². The smallest absolute Gasteiger partial charge is 0.200 e. The molecule has 31 heavy (non-hydrogen) atoms. The second-order valence-electron chi connectivity index (χ2n) is 7.62. The van der Waals surface area contributed by atoms with Crippen LogP contribution in [0.15, 0.2) is 107 Å². The number of fused-ring (bicyclic) bond motifs is 1. The van der Waals surface area contributed by atoms with Crippen LogP contribution >= 0.6 is 0 Å². The number of benzene rings is 4. The average Bonchev–Trinajstić information content (AvgIpc) is 2.84. The number of hydrazone groups is 1. The van der Waals surface area contributed by atoms with E-state index < -0.39 is 10.0 Å². The molecule has 4 aromatic carbocycles. The van der Waals surface area contributed by atoms with Crippen molar-refractivity contribution >= 4 is 26.5 Å². The normalized spacial score (nSPS) is 14.5. The summed E-state index contributed by atoms with van der Waals surface area (Å²) >= 11 is 0. The summed E-state index contributed by atoms with van der Waals surface area (Å²) in [5, 5.41) is 6.98. The van der Waals surface area contributed by atoms with Gasteiger partial charge in [0.25, 0.3) is 10.0 Å². The van der Waals surface area contributed by atoms with Crippen LogP contribution in [-0.4, -0.2) is 25.1 Å². The molecule has 1 aliphatic rings. The molecular formula is C26H22N2O2S. The monoisotopic (exact) mass is 426 g/mol. The molecule has 0 aromatic heterocycles. The van der Waals surface area contributed by atoms with Crippen LogP contribution in [0.3, 0.4) is 0 Å². The van der Waals surface area contributed by atoms with E-state index in [1.165, 1.54) is 15.2 Å². The summed E-state index contributed by atoms with van der Waals surface area (Å²) in [5.74, 6) is 0. The van der Waals surface area contributed by atoms with Crippen LogP contribution < -0.4 is 0 Å². The molecule has 4 nitrogen and oxygen atoms in total. The molecule has 154 valence electrons. The molecule has 0 radical (unpaired) electrons. The van der Waals surface area contributed by atoms with Crippen LogP contribution in [-0.2, 0) is 10.0 Å². The minimum absolute atomic E-state index is 0.266. The Bertz CT molecular complexity index is 1380. The highest BCUT2D eigenvalue weighted by atomic mass is 32.2. The van der Waals surface area contributed by atoms with Gasteiger partial charge in [-0.3, -0.25) is 0 Å². The summed E-state index contributed by atoms with van der Waals surface area (Å²) in [6.45, 7) is 0.388. The SMILES string of the molecule is O=S(=O)(c1ccccc1)N1CCCC(c2ccccc2-c2ccc3ccccc3c2)=N1. The number of sulfonamides is 1. The zero-order valence-electron chi connectivity index (χ0n) is 17.0. The summed E-state index contributed by atoms with van der Waals surface area (Å²) in [5.41, 5.74) is 3.94. The van der Waals surface area contributed by atoms with Crippen molar-refractivity contribution < 1.29 is 8.42 Å². The van der Waals surface area contributed by atoms with Gasteiger partial charge in [-0.15, -0.1) is 0 Å². The van der Waals surface area contributed by atoms with Crippen LogP contribution in [0.5, 0.6) is 0 Å². The van der Waals surface area contributed by atoms with Crippen molar-refractivity contribution in [1.29, 1.82) is 0 Å². The van der Waals surface area contributed by atoms with Gasteiger partial charge in [0.15, 0.2) is 0 Å². The Labute approximate surface area is 182 Å². The quantitative estimate of drug-likeness (QED) is 0.421. The number of rotatable bonds is 4. The molecule has 0 bridgehead atoms. The van der Waals surface area contributed by atoms with Crippen molar-refractivity contribution in [3.05, 3.63) is 103 Å². The van der Waals surface area contributed by atoms with Gasteiger partial charge in [0.1, 0.15) is 0 Å². The maximum absolute atomic E-state index is 13.1. The maximum atomic E-state index is 13.1. The van der Waals surface area contributed by atoms with Gasteiger partial charge in [0.05, 0.1) is 17.2 Å². The summed E-state index contributed by atoms with van der Waals surface area (Å²) in [4.78, 5) is 0.266. The van der Waals surface area contributed by atoms with E-state index in [1.54, 1.807) is 24.3 Å². The highest BCUT2D eigenvalue weighted by Gasteiger charge is 2.27. The van der Waals surface area contributed by atoms with Crippen LogP contribution in [0.4, 0.5) is 0 Å². The van der Waals surface area contributed by atoms with Crippen molar-refractivity contribution in [3.63, 3.8) is 0 Å². The third kappa shape index (κ3) is 3.73. The number of hydrogen-bond acceptors (Lipinski definition) is 3. The fraction of sp³-hybridized carbons (Fsp3) is 0.115. The van der Waals surface area contributed by atoms with Gasteiger partial charge in [0.2, 0.25) is 0 Å². The molecule has 0 aliphatic carbocycles. The lowest BCUT2D eigenvalue weighted by molar-refractivity contribution is 0.410.